The highest BCUT2D eigenvalue weighted by atomic mass is 32.2. The van der Waals surface area contributed by atoms with Crippen molar-refractivity contribution in [1.82, 2.24) is 4.31 Å². The fourth-order valence-corrected chi connectivity index (χ4v) is 4.91. The summed E-state index contributed by atoms with van der Waals surface area (Å²) in [7, 11) is -1.20. The van der Waals surface area contributed by atoms with Crippen LogP contribution in [-0.4, -0.2) is 52.0 Å². The third-order valence-electron chi connectivity index (χ3n) is 5.09. The van der Waals surface area contributed by atoms with Crippen LogP contribution in [0.15, 0.2) is 47.4 Å². The van der Waals surface area contributed by atoms with Gasteiger partial charge in [0.1, 0.15) is 10.7 Å². The van der Waals surface area contributed by atoms with E-state index in [0.717, 1.165) is 31.4 Å². The average Bonchev–Trinajstić information content (AvgIpc) is 2.79. The molecule has 0 saturated carbocycles. The summed E-state index contributed by atoms with van der Waals surface area (Å²) >= 11 is 0. The van der Waals surface area contributed by atoms with Crippen molar-refractivity contribution >= 4 is 33.4 Å². The van der Waals surface area contributed by atoms with E-state index in [1.807, 2.05) is 0 Å². The number of piperidine rings is 1. The van der Waals surface area contributed by atoms with Crippen LogP contribution < -0.4 is 10.2 Å². The summed E-state index contributed by atoms with van der Waals surface area (Å²) in [5, 5.41) is 2.64. The summed E-state index contributed by atoms with van der Waals surface area (Å²) in [5.74, 6) is -1.47. The molecule has 0 aromatic heterocycles. The lowest BCUT2D eigenvalue weighted by atomic mass is 10.2. The molecule has 166 valence electrons. The zero-order valence-electron chi connectivity index (χ0n) is 17.3. The van der Waals surface area contributed by atoms with Gasteiger partial charge in [-0.25, -0.2) is 17.6 Å². The van der Waals surface area contributed by atoms with Crippen LogP contribution in [-0.2, 0) is 14.8 Å². The van der Waals surface area contributed by atoms with E-state index < -0.39 is 32.7 Å². The number of methoxy groups -OCH3 is 1. The number of nitrogens with one attached hydrogen (secondary N) is 1. The van der Waals surface area contributed by atoms with Crippen LogP contribution in [0.4, 0.5) is 20.6 Å². The van der Waals surface area contributed by atoms with Gasteiger partial charge in [0, 0.05) is 37.1 Å². The first-order chi connectivity index (χ1) is 14.7. The van der Waals surface area contributed by atoms with E-state index in [4.69, 9.17) is 0 Å². The Bertz CT molecular complexity index is 1070. The van der Waals surface area contributed by atoms with Crippen molar-refractivity contribution in [2.45, 2.75) is 24.2 Å². The Morgan fingerprint density at radius 2 is 1.71 bits per heavy atom. The first-order valence-electron chi connectivity index (χ1n) is 9.77. The molecule has 1 saturated heterocycles. The van der Waals surface area contributed by atoms with E-state index in [2.05, 4.69) is 10.1 Å². The van der Waals surface area contributed by atoms with Gasteiger partial charge in [-0.1, -0.05) is 6.42 Å². The van der Waals surface area contributed by atoms with Gasteiger partial charge in [0.05, 0.1) is 7.11 Å². The molecule has 0 radical (unpaired) electrons. The standard InChI is InChI=1S/C21H24FN3O5S/c1-24(21(27)30-2)17-9-7-16(8-10-17)23-20(26)15-6-11-18(22)19(14-15)31(28,29)25-12-4-3-5-13-25/h6-11,14H,3-5,12-13H2,1-2H3,(H,23,26). The topological polar surface area (TPSA) is 96.0 Å². The van der Waals surface area contributed by atoms with Crippen LogP contribution in [0.25, 0.3) is 0 Å². The van der Waals surface area contributed by atoms with Gasteiger partial charge in [-0.3, -0.25) is 9.69 Å². The van der Waals surface area contributed by atoms with E-state index in [1.165, 1.54) is 22.4 Å². The molecule has 1 heterocycles. The Morgan fingerprint density at radius 1 is 1.06 bits per heavy atom. The van der Waals surface area contributed by atoms with Gasteiger partial charge in [-0.2, -0.15) is 4.31 Å². The molecule has 1 aliphatic rings. The number of carbonyl (C=O) groups excluding carboxylic acids is 2. The Balaban J connectivity index is 1.78. The van der Waals surface area contributed by atoms with E-state index in [-0.39, 0.29) is 5.56 Å². The van der Waals surface area contributed by atoms with Gasteiger partial charge >= 0.3 is 6.09 Å². The van der Waals surface area contributed by atoms with Gasteiger partial charge in [0.25, 0.3) is 5.91 Å². The molecule has 0 spiro atoms. The van der Waals surface area contributed by atoms with Crippen LogP contribution in [0, 0.1) is 5.82 Å². The summed E-state index contributed by atoms with van der Waals surface area (Å²) in [6.45, 7) is 0.676. The predicted molar refractivity (Wildman–Crippen MR) is 114 cm³/mol. The van der Waals surface area contributed by atoms with Crippen LogP contribution in [0.3, 0.4) is 0 Å². The zero-order chi connectivity index (χ0) is 22.6. The molecule has 0 atom stereocenters. The van der Waals surface area contributed by atoms with Crippen molar-refractivity contribution in [3.63, 3.8) is 0 Å². The smallest absolute Gasteiger partial charge is 0.413 e. The van der Waals surface area contributed by atoms with Crippen LogP contribution >= 0.6 is 0 Å². The number of sulfonamides is 1. The van der Waals surface area contributed by atoms with Gasteiger partial charge in [0.15, 0.2) is 0 Å². The van der Waals surface area contributed by atoms with Crippen molar-refractivity contribution in [1.29, 1.82) is 0 Å². The Labute approximate surface area is 180 Å². The molecule has 0 bridgehead atoms. The van der Waals surface area contributed by atoms with Crippen molar-refractivity contribution in [2.75, 3.05) is 37.5 Å². The van der Waals surface area contributed by atoms with Crippen molar-refractivity contribution < 1.29 is 27.1 Å². The number of carbonyl (C=O) groups is 2. The lowest BCUT2D eigenvalue weighted by Crippen LogP contribution is -2.36. The minimum atomic E-state index is -4.02. The van der Waals surface area contributed by atoms with Gasteiger partial charge in [-0.05, 0) is 55.3 Å². The number of hydrogen-bond acceptors (Lipinski definition) is 5. The van der Waals surface area contributed by atoms with Crippen molar-refractivity contribution in [2.24, 2.45) is 0 Å². The molecule has 1 fully saturated rings. The second kappa shape index (κ2) is 9.44. The first-order valence-corrected chi connectivity index (χ1v) is 11.2. The molecule has 2 aromatic rings. The molecule has 10 heteroatoms. The highest BCUT2D eigenvalue weighted by Crippen LogP contribution is 2.25. The van der Waals surface area contributed by atoms with Crippen molar-refractivity contribution in [3.8, 4) is 0 Å². The molecule has 2 aromatic carbocycles. The molecule has 8 nitrogen and oxygen atoms in total. The molecular weight excluding hydrogens is 425 g/mol. The number of halogens is 1. The Kier molecular flexibility index (Phi) is 6.91. The average molecular weight is 450 g/mol. The maximum atomic E-state index is 14.3. The summed E-state index contributed by atoms with van der Waals surface area (Å²) < 4.78 is 45.9. The molecule has 31 heavy (non-hydrogen) atoms. The third kappa shape index (κ3) is 5.02. The van der Waals surface area contributed by atoms with E-state index >= 15 is 0 Å². The second-order valence-electron chi connectivity index (χ2n) is 7.14. The number of rotatable bonds is 5. The lowest BCUT2D eigenvalue weighted by molar-refractivity contribution is 0.102. The quantitative estimate of drug-likeness (QED) is 0.754. The number of amides is 2. The van der Waals surface area contributed by atoms with Crippen LogP contribution in [0.5, 0.6) is 0 Å². The number of anilines is 2. The lowest BCUT2D eigenvalue weighted by Gasteiger charge is -2.26. The maximum Gasteiger partial charge on any atom is 0.413 e. The van der Waals surface area contributed by atoms with Gasteiger partial charge < -0.3 is 10.1 Å². The maximum absolute atomic E-state index is 14.3. The number of benzene rings is 2. The van der Waals surface area contributed by atoms with E-state index in [9.17, 15) is 22.4 Å². The Hall–Kier alpha value is -2.98. The molecule has 0 aliphatic carbocycles. The highest BCUT2D eigenvalue weighted by molar-refractivity contribution is 7.89. The summed E-state index contributed by atoms with van der Waals surface area (Å²) in [4.78, 5) is 25.0. The second-order valence-corrected chi connectivity index (χ2v) is 9.05. The van der Waals surface area contributed by atoms with Gasteiger partial charge in [0.2, 0.25) is 10.0 Å². The summed E-state index contributed by atoms with van der Waals surface area (Å²) in [6.07, 6.45) is 1.85. The monoisotopic (exact) mass is 449 g/mol. The summed E-state index contributed by atoms with van der Waals surface area (Å²) in [5.41, 5.74) is 1.01. The van der Waals surface area contributed by atoms with E-state index in [1.54, 1.807) is 31.3 Å². The largest absolute Gasteiger partial charge is 0.452 e. The third-order valence-corrected chi connectivity index (χ3v) is 7.00. The number of hydrogen-bond donors (Lipinski definition) is 1. The molecule has 1 N–H and O–H groups in total. The van der Waals surface area contributed by atoms with E-state index in [0.29, 0.717) is 24.5 Å². The van der Waals surface area contributed by atoms with Crippen LogP contribution in [0.1, 0.15) is 29.6 Å². The fraction of sp³-hybridized carbons (Fsp3) is 0.333. The minimum absolute atomic E-state index is 0.0211. The molecule has 1 aliphatic heterocycles. The van der Waals surface area contributed by atoms with Crippen LogP contribution in [0.2, 0.25) is 0 Å². The Morgan fingerprint density at radius 3 is 2.32 bits per heavy atom. The predicted octanol–water partition coefficient (Wildman–Crippen LogP) is 3.46. The number of ether oxygens (including phenoxy) is 1. The first kappa shape index (κ1) is 22.7. The minimum Gasteiger partial charge on any atom is -0.452 e. The van der Waals surface area contributed by atoms with Gasteiger partial charge in [-0.15, -0.1) is 0 Å². The fourth-order valence-electron chi connectivity index (χ4n) is 3.30. The van der Waals surface area contributed by atoms with Crippen molar-refractivity contribution in [3.05, 3.63) is 53.8 Å². The highest BCUT2D eigenvalue weighted by Gasteiger charge is 2.29. The molecule has 2 amide bonds. The molecule has 0 unspecified atom stereocenters. The number of nitrogens with zero attached hydrogens (tertiary/aromatic N) is 2. The zero-order valence-corrected chi connectivity index (χ0v) is 18.1. The molecule has 3 rings (SSSR count). The normalized spacial score (nSPS) is 14.7. The summed E-state index contributed by atoms with van der Waals surface area (Å²) in [6, 6.07) is 9.68. The molecular formula is C21H24FN3O5S. The SMILES string of the molecule is COC(=O)N(C)c1ccc(NC(=O)c2ccc(F)c(S(=O)(=O)N3CCCCC3)c2)cc1.